The largest absolute Gasteiger partial charge is 0.496 e. The molecule has 0 spiro atoms. The highest BCUT2D eigenvalue weighted by Gasteiger charge is 2.10. The van der Waals surface area contributed by atoms with Crippen LogP contribution in [0.2, 0.25) is 10.0 Å². The summed E-state index contributed by atoms with van der Waals surface area (Å²) >= 11 is 12.3. The fourth-order valence-electron chi connectivity index (χ4n) is 2.85. The fraction of sp³-hybridized carbons (Fsp3) is 0.333. The normalized spacial score (nSPS) is 9.67. The molecule has 0 fully saturated rings. The minimum atomic E-state index is 0.519. The number of methoxy groups -OCH3 is 4. The first kappa shape index (κ1) is 23.6. The molecule has 0 aliphatic heterocycles. The van der Waals surface area contributed by atoms with Crippen molar-refractivity contribution in [3.05, 3.63) is 45.4 Å². The monoisotopic (exact) mass is 446 g/mol. The van der Waals surface area contributed by atoms with Crippen LogP contribution in [0.15, 0.2) is 24.3 Å². The molecule has 0 aromatic heterocycles. The standard InChI is InChI=1S/C24H24Cl2O4/c1-27-21-15-19(25)23(29-3)13-17(21)11-9-7-5-6-8-10-12-18-14-24(30-4)20(26)16-22(18)28-2/h13-16H,9-12H2,1-4H3. The summed E-state index contributed by atoms with van der Waals surface area (Å²) in [4.78, 5) is 0. The van der Waals surface area contributed by atoms with Crippen LogP contribution in [0, 0.1) is 23.7 Å². The molecule has 0 unspecified atom stereocenters. The Morgan fingerprint density at radius 1 is 0.600 bits per heavy atom. The zero-order chi connectivity index (χ0) is 21.9. The van der Waals surface area contributed by atoms with Crippen LogP contribution in [0.4, 0.5) is 0 Å². The second-order valence-corrected chi connectivity index (χ2v) is 7.02. The van der Waals surface area contributed by atoms with Gasteiger partial charge in [-0.05, 0) is 47.9 Å². The lowest BCUT2D eigenvalue weighted by atomic mass is 10.1. The maximum atomic E-state index is 6.13. The fourth-order valence-corrected chi connectivity index (χ4v) is 3.31. The molecule has 0 amide bonds. The van der Waals surface area contributed by atoms with Gasteiger partial charge in [0.15, 0.2) is 0 Å². The van der Waals surface area contributed by atoms with Gasteiger partial charge in [-0.15, -0.1) is 0 Å². The number of benzene rings is 2. The summed E-state index contributed by atoms with van der Waals surface area (Å²) in [6, 6.07) is 7.26. The highest BCUT2D eigenvalue weighted by molar-refractivity contribution is 6.32. The van der Waals surface area contributed by atoms with Crippen LogP contribution in [0.3, 0.4) is 0 Å². The molecule has 2 aromatic carbocycles. The molecule has 6 heteroatoms. The van der Waals surface area contributed by atoms with E-state index in [1.807, 2.05) is 12.1 Å². The Hall–Kier alpha value is -2.66. The Balaban J connectivity index is 1.92. The average Bonchev–Trinajstić information content (AvgIpc) is 2.76. The Kier molecular flexibility index (Phi) is 9.55. The SMILES string of the molecule is COc1cc(CCC#CC#CCCc2cc(OC)c(Cl)cc2OC)c(OC)cc1Cl. The van der Waals surface area contributed by atoms with Gasteiger partial charge in [-0.3, -0.25) is 0 Å². The van der Waals surface area contributed by atoms with E-state index in [0.717, 1.165) is 22.6 Å². The van der Waals surface area contributed by atoms with Gasteiger partial charge in [0.25, 0.3) is 0 Å². The number of halogens is 2. The van der Waals surface area contributed by atoms with E-state index in [9.17, 15) is 0 Å². The summed E-state index contributed by atoms with van der Waals surface area (Å²) in [7, 11) is 6.40. The van der Waals surface area contributed by atoms with E-state index >= 15 is 0 Å². The van der Waals surface area contributed by atoms with Gasteiger partial charge in [-0.2, -0.15) is 0 Å². The van der Waals surface area contributed by atoms with Crippen LogP contribution in [-0.4, -0.2) is 28.4 Å². The van der Waals surface area contributed by atoms with Crippen molar-refractivity contribution in [3.63, 3.8) is 0 Å². The smallest absolute Gasteiger partial charge is 0.137 e. The van der Waals surface area contributed by atoms with Gasteiger partial charge in [0, 0.05) is 25.0 Å². The Morgan fingerprint density at radius 2 is 0.967 bits per heavy atom. The molecule has 0 N–H and O–H groups in total. The summed E-state index contributed by atoms with van der Waals surface area (Å²) in [6.45, 7) is 0. The maximum absolute atomic E-state index is 6.13. The topological polar surface area (TPSA) is 36.9 Å². The quantitative estimate of drug-likeness (QED) is 0.494. The van der Waals surface area contributed by atoms with Crippen LogP contribution in [0.1, 0.15) is 24.0 Å². The highest BCUT2D eigenvalue weighted by Crippen LogP contribution is 2.34. The van der Waals surface area contributed by atoms with E-state index < -0.39 is 0 Å². The number of aryl methyl sites for hydroxylation is 2. The summed E-state index contributed by atoms with van der Waals surface area (Å²) in [5, 5.41) is 1.04. The minimum Gasteiger partial charge on any atom is -0.496 e. The number of hydrogen-bond acceptors (Lipinski definition) is 4. The van der Waals surface area contributed by atoms with Crippen molar-refractivity contribution in [1.82, 2.24) is 0 Å². The zero-order valence-corrected chi connectivity index (χ0v) is 19.0. The van der Waals surface area contributed by atoms with E-state index in [-0.39, 0.29) is 0 Å². The molecule has 0 heterocycles. The molecule has 0 bridgehead atoms. The van der Waals surface area contributed by atoms with Crippen molar-refractivity contribution in [1.29, 1.82) is 0 Å². The number of rotatable bonds is 8. The maximum Gasteiger partial charge on any atom is 0.137 e. The van der Waals surface area contributed by atoms with Gasteiger partial charge in [-0.25, -0.2) is 0 Å². The first-order chi connectivity index (χ1) is 14.5. The third kappa shape index (κ3) is 6.42. The molecule has 0 aliphatic carbocycles. The molecule has 0 atom stereocenters. The lowest BCUT2D eigenvalue weighted by Crippen LogP contribution is -1.95. The van der Waals surface area contributed by atoms with Gasteiger partial charge < -0.3 is 18.9 Å². The van der Waals surface area contributed by atoms with Crippen LogP contribution < -0.4 is 18.9 Å². The van der Waals surface area contributed by atoms with Crippen LogP contribution >= 0.6 is 23.2 Å². The first-order valence-electron chi connectivity index (χ1n) is 9.30. The van der Waals surface area contributed by atoms with E-state index in [1.54, 1.807) is 40.6 Å². The Morgan fingerprint density at radius 3 is 1.30 bits per heavy atom. The molecule has 30 heavy (non-hydrogen) atoms. The first-order valence-corrected chi connectivity index (χ1v) is 10.1. The van der Waals surface area contributed by atoms with Crippen LogP contribution in [-0.2, 0) is 12.8 Å². The van der Waals surface area contributed by atoms with Crippen molar-refractivity contribution in [3.8, 4) is 46.7 Å². The molecule has 2 rings (SSSR count). The number of ether oxygens (including phenoxy) is 4. The summed E-state index contributed by atoms with van der Waals surface area (Å²) in [5.74, 6) is 14.6. The van der Waals surface area contributed by atoms with Crippen LogP contribution in [0.25, 0.3) is 0 Å². The van der Waals surface area contributed by atoms with Gasteiger partial charge in [0.2, 0.25) is 0 Å². The lowest BCUT2D eigenvalue weighted by molar-refractivity contribution is 0.399. The third-order valence-corrected chi connectivity index (χ3v) is 4.98. The summed E-state index contributed by atoms with van der Waals surface area (Å²) in [5.41, 5.74) is 1.98. The van der Waals surface area contributed by atoms with E-state index in [2.05, 4.69) is 23.7 Å². The van der Waals surface area contributed by atoms with Crippen LogP contribution in [0.5, 0.6) is 23.0 Å². The highest BCUT2D eigenvalue weighted by atomic mass is 35.5. The predicted molar refractivity (Wildman–Crippen MR) is 121 cm³/mol. The molecular formula is C24H24Cl2O4. The molecule has 0 saturated heterocycles. The molecule has 0 saturated carbocycles. The average molecular weight is 447 g/mol. The molecule has 158 valence electrons. The summed E-state index contributed by atoms with van der Waals surface area (Å²) in [6.07, 6.45) is 2.73. The van der Waals surface area contributed by atoms with E-state index in [4.69, 9.17) is 42.1 Å². The molecule has 0 radical (unpaired) electrons. The minimum absolute atomic E-state index is 0.519. The summed E-state index contributed by atoms with van der Waals surface area (Å²) < 4.78 is 21.3. The van der Waals surface area contributed by atoms with Gasteiger partial charge >= 0.3 is 0 Å². The Labute approximate surface area is 188 Å². The predicted octanol–water partition coefficient (Wildman–Crippen LogP) is 5.60. The second-order valence-electron chi connectivity index (χ2n) is 6.20. The van der Waals surface area contributed by atoms with Crippen molar-refractivity contribution in [2.45, 2.75) is 25.7 Å². The zero-order valence-electron chi connectivity index (χ0n) is 17.5. The van der Waals surface area contributed by atoms with Gasteiger partial charge in [-0.1, -0.05) is 35.0 Å². The van der Waals surface area contributed by atoms with E-state index in [1.165, 1.54) is 0 Å². The molecule has 4 nitrogen and oxygen atoms in total. The Bertz CT molecular complexity index is 913. The van der Waals surface area contributed by atoms with Crippen molar-refractivity contribution >= 4 is 23.2 Å². The lowest BCUT2D eigenvalue weighted by Gasteiger charge is -2.11. The van der Waals surface area contributed by atoms with Gasteiger partial charge in [0.05, 0.1) is 38.5 Å². The second kappa shape index (κ2) is 12.1. The van der Waals surface area contributed by atoms with E-state index in [0.29, 0.717) is 47.2 Å². The number of hydrogen-bond donors (Lipinski definition) is 0. The van der Waals surface area contributed by atoms with Crippen molar-refractivity contribution in [2.24, 2.45) is 0 Å². The molecule has 2 aromatic rings. The molecular weight excluding hydrogens is 423 g/mol. The van der Waals surface area contributed by atoms with Gasteiger partial charge in [0.1, 0.15) is 23.0 Å². The van der Waals surface area contributed by atoms with Crippen molar-refractivity contribution in [2.75, 3.05) is 28.4 Å². The third-order valence-electron chi connectivity index (χ3n) is 4.39. The molecule has 0 aliphatic rings. The van der Waals surface area contributed by atoms with Crippen molar-refractivity contribution < 1.29 is 18.9 Å².